The van der Waals surface area contributed by atoms with Crippen LogP contribution in [0.2, 0.25) is 5.02 Å². The van der Waals surface area contributed by atoms with E-state index in [0.29, 0.717) is 30.4 Å². The molecule has 0 bridgehead atoms. The Labute approximate surface area is 135 Å². The predicted octanol–water partition coefficient (Wildman–Crippen LogP) is 3.27. The van der Waals surface area contributed by atoms with Gasteiger partial charge in [-0.15, -0.1) is 0 Å². The lowest BCUT2D eigenvalue weighted by Crippen LogP contribution is -2.40. The predicted molar refractivity (Wildman–Crippen MR) is 79.8 cm³/mol. The number of likely N-dealkylation sites (tertiary alicyclic amines) is 1. The number of esters is 1. The first-order chi connectivity index (χ1) is 9.93. The fourth-order valence-corrected chi connectivity index (χ4v) is 2.84. The van der Waals surface area contributed by atoms with Crippen LogP contribution in [0.4, 0.5) is 4.39 Å². The SMILES string of the molecule is COC(=O)C1CCN(C(=O)c2cc(Br)c(Cl)cc2F)CC1. The molecule has 1 heterocycles. The van der Waals surface area contributed by atoms with E-state index in [-0.39, 0.29) is 22.5 Å². The van der Waals surface area contributed by atoms with Gasteiger partial charge in [-0.2, -0.15) is 0 Å². The summed E-state index contributed by atoms with van der Waals surface area (Å²) in [5.74, 6) is -1.50. The van der Waals surface area contributed by atoms with Gasteiger partial charge in [0.25, 0.3) is 5.91 Å². The number of amides is 1. The molecule has 0 aromatic heterocycles. The van der Waals surface area contributed by atoms with E-state index in [1.807, 2.05) is 0 Å². The molecular formula is C14H14BrClFNO3. The van der Waals surface area contributed by atoms with Gasteiger partial charge in [-0.1, -0.05) is 11.6 Å². The molecular weight excluding hydrogens is 365 g/mol. The van der Waals surface area contributed by atoms with Crippen molar-refractivity contribution in [3.8, 4) is 0 Å². The molecule has 1 saturated heterocycles. The summed E-state index contributed by atoms with van der Waals surface area (Å²) >= 11 is 8.96. The lowest BCUT2D eigenvalue weighted by molar-refractivity contribution is -0.146. The maximum Gasteiger partial charge on any atom is 0.308 e. The zero-order chi connectivity index (χ0) is 15.6. The minimum absolute atomic E-state index is 0.0252. The number of carbonyl (C=O) groups is 2. The van der Waals surface area contributed by atoms with Crippen molar-refractivity contribution in [2.75, 3.05) is 20.2 Å². The zero-order valence-electron chi connectivity index (χ0n) is 11.4. The molecule has 0 saturated carbocycles. The topological polar surface area (TPSA) is 46.6 Å². The maximum absolute atomic E-state index is 13.9. The van der Waals surface area contributed by atoms with E-state index in [4.69, 9.17) is 16.3 Å². The second-order valence-corrected chi connectivity index (χ2v) is 6.10. The molecule has 7 heteroatoms. The van der Waals surface area contributed by atoms with Crippen LogP contribution in [-0.2, 0) is 9.53 Å². The first-order valence-corrected chi connectivity index (χ1v) is 7.62. The lowest BCUT2D eigenvalue weighted by atomic mass is 9.96. The first kappa shape index (κ1) is 16.2. The Morgan fingerprint density at radius 1 is 1.38 bits per heavy atom. The Morgan fingerprint density at radius 2 is 2.00 bits per heavy atom. The van der Waals surface area contributed by atoms with Crippen molar-refractivity contribution in [2.45, 2.75) is 12.8 Å². The van der Waals surface area contributed by atoms with Gasteiger partial charge < -0.3 is 9.64 Å². The van der Waals surface area contributed by atoms with Gasteiger partial charge in [0.05, 0.1) is 23.6 Å². The summed E-state index contributed by atoms with van der Waals surface area (Å²) in [5, 5.41) is 0.216. The van der Waals surface area contributed by atoms with E-state index in [9.17, 15) is 14.0 Å². The van der Waals surface area contributed by atoms with Gasteiger partial charge in [0, 0.05) is 17.6 Å². The summed E-state index contributed by atoms with van der Waals surface area (Å²) in [5.41, 5.74) is -0.0252. The van der Waals surface area contributed by atoms with Crippen LogP contribution in [0.5, 0.6) is 0 Å². The Hall–Kier alpha value is -1.14. The molecule has 0 unspecified atom stereocenters. The fourth-order valence-electron chi connectivity index (χ4n) is 2.34. The van der Waals surface area contributed by atoms with Crippen LogP contribution in [0.1, 0.15) is 23.2 Å². The summed E-state index contributed by atoms with van der Waals surface area (Å²) in [6, 6.07) is 2.49. The first-order valence-electron chi connectivity index (χ1n) is 6.45. The molecule has 1 aromatic carbocycles. The number of ether oxygens (including phenoxy) is 1. The second-order valence-electron chi connectivity index (χ2n) is 4.84. The Morgan fingerprint density at radius 3 is 2.57 bits per heavy atom. The van der Waals surface area contributed by atoms with Crippen LogP contribution in [-0.4, -0.2) is 37.0 Å². The third-order valence-electron chi connectivity index (χ3n) is 3.56. The molecule has 0 spiro atoms. The minimum Gasteiger partial charge on any atom is -0.469 e. The van der Waals surface area contributed by atoms with E-state index >= 15 is 0 Å². The van der Waals surface area contributed by atoms with Crippen LogP contribution in [0.3, 0.4) is 0 Å². The Balaban J connectivity index is 2.09. The highest BCUT2D eigenvalue weighted by Crippen LogP contribution is 2.27. The van der Waals surface area contributed by atoms with Crippen LogP contribution >= 0.6 is 27.5 Å². The average Bonchev–Trinajstić information content (AvgIpc) is 2.49. The van der Waals surface area contributed by atoms with E-state index < -0.39 is 11.7 Å². The number of piperidine rings is 1. The fraction of sp³-hybridized carbons (Fsp3) is 0.429. The molecule has 0 N–H and O–H groups in total. The molecule has 21 heavy (non-hydrogen) atoms. The highest BCUT2D eigenvalue weighted by Gasteiger charge is 2.29. The average molecular weight is 379 g/mol. The smallest absolute Gasteiger partial charge is 0.308 e. The maximum atomic E-state index is 13.9. The van der Waals surface area contributed by atoms with Gasteiger partial charge in [-0.25, -0.2) is 4.39 Å². The summed E-state index contributed by atoms with van der Waals surface area (Å²) in [4.78, 5) is 25.3. The Bertz CT molecular complexity index is 574. The van der Waals surface area contributed by atoms with Crippen LogP contribution in [0.25, 0.3) is 0 Å². The number of halogens is 3. The molecule has 0 aliphatic carbocycles. The van der Waals surface area contributed by atoms with Gasteiger partial charge >= 0.3 is 5.97 Å². The molecule has 2 rings (SSSR count). The summed E-state index contributed by atoms with van der Waals surface area (Å²) in [6.07, 6.45) is 1.05. The number of nitrogens with zero attached hydrogens (tertiary/aromatic N) is 1. The highest BCUT2D eigenvalue weighted by atomic mass is 79.9. The molecule has 1 aliphatic heterocycles. The quantitative estimate of drug-likeness (QED) is 0.586. The molecule has 1 aliphatic rings. The minimum atomic E-state index is -0.650. The second kappa shape index (κ2) is 6.75. The molecule has 114 valence electrons. The van der Waals surface area contributed by atoms with Crippen molar-refractivity contribution in [3.05, 3.63) is 33.0 Å². The zero-order valence-corrected chi connectivity index (χ0v) is 13.7. The van der Waals surface area contributed by atoms with Gasteiger partial charge in [0.1, 0.15) is 5.82 Å². The molecule has 1 aromatic rings. The van der Waals surface area contributed by atoms with Gasteiger partial charge in [0.2, 0.25) is 0 Å². The number of carbonyl (C=O) groups excluding carboxylic acids is 2. The molecule has 4 nitrogen and oxygen atoms in total. The van der Waals surface area contributed by atoms with Gasteiger partial charge in [-0.3, -0.25) is 9.59 Å². The van der Waals surface area contributed by atoms with E-state index in [1.54, 1.807) is 0 Å². The number of rotatable bonds is 2. The van der Waals surface area contributed by atoms with Gasteiger partial charge in [-0.05, 0) is 40.9 Å². The van der Waals surface area contributed by atoms with Crippen molar-refractivity contribution in [1.29, 1.82) is 0 Å². The van der Waals surface area contributed by atoms with Crippen molar-refractivity contribution in [3.63, 3.8) is 0 Å². The van der Waals surface area contributed by atoms with Crippen LogP contribution in [0.15, 0.2) is 16.6 Å². The van der Waals surface area contributed by atoms with Crippen molar-refractivity contribution < 1.29 is 18.7 Å². The summed E-state index contributed by atoms with van der Waals surface area (Å²) in [7, 11) is 1.35. The summed E-state index contributed by atoms with van der Waals surface area (Å²) < 4.78 is 19.0. The van der Waals surface area contributed by atoms with Crippen molar-refractivity contribution in [1.82, 2.24) is 4.90 Å². The van der Waals surface area contributed by atoms with E-state index in [2.05, 4.69) is 15.9 Å². The third kappa shape index (κ3) is 3.55. The van der Waals surface area contributed by atoms with Crippen LogP contribution < -0.4 is 0 Å². The van der Waals surface area contributed by atoms with E-state index in [0.717, 1.165) is 6.07 Å². The number of hydrogen-bond acceptors (Lipinski definition) is 3. The molecule has 1 fully saturated rings. The van der Waals surface area contributed by atoms with Crippen molar-refractivity contribution >= 4 is 39.4 Å². The highest BCUT2D eigenvalue weighted by molar-refractivity contribution is 9.10. The normalized spacial score (nSPS) is 15.9. The van der Waals surface area contributed by atoms with E-state index in [1.165, 1.54) is 18.1 Å². The lowest BCUT2D eigenvalue weighted by Gasteiger charge is -2.30. The monoisotopic (exact) mass is 377 g/mol. The summed E-state index contributed by atoms with van der Waals surface area (Å²) in [6.45, 7) is 0.802. The largest absolute Gasteiger partial charge is 0.469 e. The number of benzene rings is 1. The van der Waals surface area contributed by atoms with Crippen LogP contribution in [0, 0.1) is 11.7 Å². The third-order valence-corrected chi connectivity index (χ3v) is 4.75. The van der Waals surface area contributed by atoms with Crippen molar-refractivity contribution in [2.24, 2.45) is 5.92 Å². The van der Waals surface area contributed by atoms with Gasteiger partial charge in [0.15, 0.2) is 0 Å². The number of hydrogen-bond donors (Lipinski definition) is 0. The molecule has 0 atom stereocenters. The molecule has 1 amide bonds. The Kier molecular flexibility index (Phi) is 5.22. The standard InChI is InChI=1S/C14H14BrClFNO3/c1-21-14(20)8-2-4-18(5-3-8)13(19)9-6-10(15)11(16)7-12(9)17/h6-8H,2-5H2,1H3. The number of methoxy groups -OCH3 is 1. The molecule has 0 radical (unpaired) electrons.